The maximum Gasteiger partial charge on any atom is 0.251 e. The molecule has 2 N–H and O–H groups in total. The molecule has 1 amide bonds. The van der Waals surface area contributed by atoms with Crippen molar-refractivity contribution in [2.75, 3.05) is 26.2 Å². The highest BCUT2D eigenvalue weighted by Gasteiger charge is 2.12. The number of ether oxygens (including phenoxy) is 1. The number of rotatable bonds is 5. The Hall–Kier alpha value is -0.660. The zero-order valence-corrected chi connectivity index (χ0v) is 13.0. The molecule has 1 aromatic carbocycles. The molecule has 1 fully saturated rings. The molecule has 1 aliphatic heterocycles. The van der Waals surface area contributed by atoms with E-state index in [0.717, 1.165) is 29.5 Å². The summed E-state index contributed by atoms with van der Waals surface area (Å²) < 4.78 is 6.86. The van der Waals surface area contributed by atoms with Crippen LogP contribution >= 0.6 is 22.6 Å². The molecule has 1 saturated heterocycles. The van der Waals surface area contributed by atoms with E-state index in [4.69, 9.17) is 4.74 Å². The van der Waals surface area contributed by atoms with Crippen LogP contribution in [0.4, 0.5) is 0 Å². The van der Waals surface area contributed by atoms with E-state index in [0.29, 0.717) is 24.8 Å². The van der Waals surface area contributed by atoms with Crippen LogP contribution < -0.4 is 10.6 Å². The molecular weight excluding hydrogens is 355 g/mol. The van der Waals surface area contributed by atoms with Gasteiger partial charge in [-0.1, -0.05) is 0 Å². The van der Waals surface area contributed by atoms with Crippen molar-refractivity contribution in [3.05, 3.63) is 33.4 Å². The highest BCUT2D eigenvalue weighted by molar-refractivity contribution is 14.1. The van der Waals surface area contributed by atoms with Gasteiger partial charge in [-0.25, -0.2) is 0 Å². The van der Waals surface area contributed by atoms with Gasteiger partial charge in [-0.05, 0) is 72.8 Å². The van der Waals surface area contributed by atoms with Crippen molar-refractivity contribution in [2.24, 2.45) is 0 Å². The van der Waals surface area contributed by atoms with Gasteiger partial charge in [0.1, 0.15) is 0 Å². The van der Waals surface area contributed by atoms with Gasteiger partial charge in [0, 0.05) is 15.7 Å². The molecule has 0 aliphatic carbocycles. The number of carbonyl (C=O) groups excluding carboxylic acids is 1. The quantitative estimate of drug-likeness (QED) is 0.611. The lowest BCUT2D eigenvalue weighted by molar-refractivity contribution is 0.0343. The summed E-state index contributed by atoms with van der Waals surface area (Å²) in [4.78, 5) is 11.8. The molecule has 0 unspecified atom stereocenters. The third-order valence-corrected chi connectivity index (χ3v) is 3.85. The van der Waals surface area contributed by atoms with Crippen LogP contribution in [0.25, 0.3) is 0 Å². The van der Waals surface area contributed by atoms with Gasteiger partial charge in [-0.2, -0.15) is 0 Å². The van der Waals surface area contributed by atoms with Gasteiger partial charge in [-0.15, -0.1) is 0 Å². The lowest BCUT2D eigenvalue weighted by atomic mass is 10.1. The summed E-state index contributed by atoms with van der Waals surface area (Å²) in [5, 5.41) is 6.18. The molecule has 0 bridgehead atoms. The molecule has 0 radical (unpaired) electrons. The van der Waals surface area contributed by atoms with Crippen molar-refractivity contribution >= 4 is 28.5 Å². The standard InChI is InChI=1S/C14H19IN2O2/c15-12-3-1-11(2-4-12)14(18)17-9-10-19-13-5-7-16-8-6-13/h1-4,13,16H,5-10H2,(H,17,18). The summed E-state index contributed by atoms with van der Waals surface area (Å²) in [6.45, 7) is 3.20. The number of amides is 1. The van der Waals surface area contributed by atoms with E-state index in [1.165, 1.54) is 0 Å². The summed E-state index contributed by atoms with van der Waals surface area (Å²) in [6, 6.07) is 7.54. The minimum Gasteiger partial charge on any atom is -0.376 e. The number of piperidine rings is 1. The first-order valence-corrected chi connectivity index (χ1v) is 7.69. The second-order valence-electron chi connectivity index (χ2n) is 4.58. The number of carbonyl (C=O) groups is 1. The Kier molecular flexibility index (Phi) is 6.06. The second kappa shape index (κ2) is 7.81. The van der Waals surface area contributed by atoms with Gasteiger partial charge in [0.05, 0.1) is 12.7 Å². The molecule has 19 heavy (non-hydrogen) atoms. The van der Waals surface area contributed by atoms with E-state index < -0.39 is 0 Å². The molecule has 2 rings (SSSR count). The van der Waals surface area contributed by atoms with E-state index in [-0.39, 0.29) is 5.91 Å². The normalized spacial score (nSPS) is 16.3. The maximum atomic E-state index is 11.8. The number of benzene rings is 1. The molecule has 1 aliphatic rings. The first kappa shape index (κ1) is 14.7. The average Bonchev–Trinajstić information content (AvgIpc) is 2.45. The number of nitrogens with one attached hydrogen (secondary N) is 2. The van der Waals surface area contributed by atoms with Crippen molar-refractivity contribution < 1.29 is 9.53 Å². The minimum atomic E-state index is -0.0367. The zero-order chi connectivity index (χ0) is 13.5. The number of halogens is 1. The molecule has 0 spiro atoms. The summed E-state index contributed by atoms with van der Waals surface area (Å²) in [7, 11) is 0. The molecule has 104 valence electrons. The van der Waals surface area contributed by atoms with Gasteiger partial charge in [0.15, 0.2) is 0 Å². The van der Waals surface area contributed by atoms with E-state index in [9.17, 15) is 4.79 Å². The monoisotopic (exact) mass is 374 g/mol. The Labute approximate surface area is 127 Å². The first-order chi connectivity index (χ1) is 9.25. The SMILES string of the molecule is O=C(NCCOC1CCNCC1)c1ccc(I)cc1. The van der Waals surface area contributed by atoms with E-state index in [1.54, 1.807) is 0 Å². The highest BCUT2D eigenvalue weighted by atomic mass is 127. The Bertz CT molecular complexity index is 402. The van der Waals surface area contributed by atoms with Crippen molar-refractivity contribution in [1.29, 1.82) is 0 Å². The largest absolute Gasteiger partial charge is 0.376 e. The smallest absolute Gasteiger partial charge is 0.251 e. The van der Waals surface area contributed by atoms with E-state index >= 15 is 0 Å². The van der Waals surface area contributed by atoms with Crippen LogP contribution in [0.5, 0.6) is 0 Å². The fourth-order valence-electron chi connectivity index (χ4n) is 2.06. The summed E-state index contributed by atoms with van der Waals surface area (Å²) in [5.41, 5.74) is 0.697. The van der Waals surface area contributed by atoms with Gasteiger partial charge >= 0.3 is 0 Å². The van der Waals surface area contributed by atoms with Crippen LogP contribution in [-0.4, -0.2) is 38.3 Å². The third-order valence-electron chi connectivity index (χ3n) is 3.13. The Morgan fingerprint density at radius 2 is 2.00 bits per heavy atom. The molecule has 0 aromatic heterocycles. The van der Waals surface area contributed by atoms with Crippen LogP contribution in [0.1, 0.15) is 23.2 Å². The molecule has 4 nitrogen and oxygen atoms in total. The Morgan fingerprint density at radius 3 is 2.68 bits per heavy atom. The highest BCUT2D eigenvalue weighted by Crippen LogP contribution is 2.07. The van der Waals surface area contributed by atoms with Crippen LogP contribution in [-0.2, 0) is 4.74 Å². The van der Waals surface area contributed by atoms with E-state index in [2.05, 4.69) is 33.2 Å². The van der Waals surface area contributed by atoms with Crippen molar-refractivity contribution in [3.8, 4) is 0 Å². The maximum absolute atomic E-state index is 11.8. The van der Waals surface area contributed by atoms with Crippen LogP contribution in [0.3, 0.4) is 0 Å². The topological polar surface area (TPSA) is 50.4 Å². The molecule has 0 atom stereocenters. The summed E-state index contributed by atoms with van der Waals surface area (Å²) in [5.74, 6) is -0.0367. The number of hydrogen-bond acceptors (Lipinski definition) is 3. The minimum absolute atomic E-state index is 0.0367. The molecule has 1 heterocycles. The van der Waals surface area contributed by atoms with Crippen LogP contribution in [0.15, 0.2) is 24.3 Å². The second-order valence-corrected chi connectivity index (χ2v) is 5.83. The third kappa shape index (κ3) is 5.08. The fourth-order valence-corrected chi connectivity index (χ4v) is 2.42. The van der Waals surface area contributed by atoms with Gasteiger partial charge in [-0.3, -0.25) is 4.79 Å². The predicted octanol–water partition coefficient (Wildman–Crippen LogP) is 1.79. The lowest BCUT2D eigenvalue weighted by Gasteiger charge is -2.22. The molecular formula is C14H19IN2O2. The van der Waals surface area contributed by atoms with Gasteiger partial charge in [0.2, 0.25) is 0 Å². The van der Waals surface area contributed by atoms with Crippen LogP contribution in [0.2, 0.25) is 0 Å². The lowest BCUT2D eigenvalue weighted by Crippen LogP contribution is -2.34. The molecule has 1 aromatic rings. The average molecular weight is 374 g/mol. The van der Waals surface area contributed by atoms with Crippen molar-refractivity contribution in [2.45, 2.75) is 18.9 Å². The van der Waals surface area contributed by atoms with Gasteiger partial charge in [0.25, 0.3) is 5.91 Å². The van der Waals surface area contributed by atoms with Crippen molar-refractivity contribution in [1.82, 2.24) is 10.6 Å². The first-order valence-electron chi connectivity index (χ1n) is 6.62. The van der Waals surface area contributed by atoms with Gasteiger partial charge < -0.3 is 15.4 Å². The molecule has 0 saturated carbocycles. The van der Waals surface area contributed by atoms with E-state index in [1.807, 2.05) is 24.3 Å². The Morgan fingerprint density at radius 1 is 1.32 bits per heavy atom. The summed E-state index contributed by atoms with van der Waals surface area (Å²) >= 11 is 2.22. The molecule has 5 heteroatoms. The van der Waals surface area contributed by atoms with Crippen molar-refractivity contribution in [3.63, 3.8) is 0 Å². The zero-order valence-electron chi connectivity index (χ0n) is 10.8. The predicted molar refractivity (Wildman–Crippen MR) is 83.3 cm³/mol. The van der Waals surface area contributed by atoms with Crippen LogP contribution in [0, 0.1) is 3.57 Å². The fraction of sp³-hybridized carbons (Fsp3) is 0.500. The Balaban J connectivity index is 1.64. The number of hydrogen-bond donors (Lipinski definition) is 2. The summed E-state index contributed by atoms with van der Waals surface area (Å²) in [6.07, 6.45) is 2.47.